The van der Waals surface area contributed by atoms with E-state index >= 15 is 0 Å². The van der Waals surface area contributed by atoms with Crippen LogP contribution in [0.5, 0.6) is 0 Å². The lowest BCUT2D eigenvalue weighted by Crippen LogP contribution is -2.47. The summed E-state index contributed by atoms with van der Waals surface area (Å²) in [6.45, 7) is 0. The van der Waals surface area contributed by atoms with Crippen LogP contribution in [0.2, 0.25) is 0 Å². The molecule has 1 saturated carbocycles. The van der Waals surface area contributed by atoms with E-state index in [-0.39, 0.29) is 12.2 Å². The van der Waals surface area contributed by atoms with E-state index in [0.717, 1.165) is 10.4 Å². The predicted molar refractivity (Wildman–Crippen MR) is 89.0 cm³/mol. The lowest BCUT2D eigenvalue weighted by Gasteiger charge is -2.33. The maximum Gasteiger partial charge on any atom is 0.393 e. The van der Waals surface area contributed by atoms with Crippen LogP contribution >= 0.6 is 11.3 Å². The van der Waals surface area contributed by atoms with Crippen molar-refractivity contribution < 1.29 is 22.4 Å². The van der Waals surface area contributed by atoms with Crippen LogP contribution in [0.25, 0.3) is 10.4 Å². The van der Waals surface area contributed by atoms with E-state index in [0.29, 0.717) is 24.1 Å². The minimum absolute atomic E-state index is 0.0553. The van der Waals surface area contributed by atoms with E-state index < -0.39 is 24.0 Å². The SMILES string of the molecule is O=C(NC1CCCCC1C(F)(F)F)c1ccc(-c2ccc(F)cc2)s1. The number of hydrogen-bond acceptors (Lipinski definition) is 2. The topological polar surface area (TPSA) is 29.1 Å². The molecule has 1 fully saturated rings. The smallest absolute Gasteiger partial charge is 0.348 e. The number of carbonyl (C=O) groups excluding carboxylic acids is 1. The first kappa shape index (κ1) is 17.9. The quantitative estimate of drug-likeness (QED) is 0.719. The number of nitrogens with one attached hydrogen (secondary N) is 1. The molecule has 1 amide bonds. The maximum absolute atomic E-state index is 13.1. The molecule has 7 heteroatoms. The Bertz CT molecular complexity index is 738. The normalized spacial score (nSPS) is 21.1. The third kappa shape index (κ3) is 4.21. The van der Waals surface area contributed by atoms with E-state index in [1.807, 2.05) is 0 Å². The van der Waals surface area contributed by atoms with Crippen molar-refractivity contribution in [3.8, 4) is 10.4 Å². The van der Waals surface area contributed by atoms with Gasteiger partial charge in [-0.1, -0.05) is 25.0 Å². The van der Waals surface area contributed by atoms with Crippen LogP contribution in [-0.2, 0) is 0 Å². The molecule has 0 radical (unpaired) electrons. The maximum atomic E-state index is 13.1. The molecule has 134 valence electrons. The second-order valence-corrected chi connectivity index (χ2v) is 7.27. The van der Waals surface area contributed by atoms with E-state index in [2.05, 4.69) is 5.32 Å². The second kappa shape index (κ2) is 7.15. The zero-order valence-corrected chi connectivity index (χ0v) is 14.1. The lowest BCUT2D eigenvalue weighted by atomic mass is 9.84. The van der Waals surface area contributed by atoms with Gasteiger partial charge < -0.3 is 5.32 Å². The molecule has 2 nitrogen and oxygen atoms in total. The Hall–Kier alpha value is -1.89. The van der Waals surface area contributed by atoms with E-state index in [1.54, 1.807) is 24.3 Å². The Labute approximate surface area is 146 Å². The number of halogens is 4. The summed E-state index contributed by atoms with van der Waals surface area (Å²) < 4.78 is 52.3. The van der Waals surface area contributed by atoms with Crippen LogP contribution in [0.1, 0.15) is 35.4 Å². The highest BCUT2D eigenvalue weighted by Gasteiger charge is 2.46. The Morgan fingerprint density at radius 3 is 2.40 bits per heavy atom. The molecular weight excluding hydrogens is 354 g/mol. The molecular formula is C18H17F4NOS. The average Bonchev–Trinajstić information content (AvgIpc) is 3.05. The van der Waals surface area contributed by atoms with Gasteiger partial charge in [0.2, 0.25) is 0 Å². The lowest BCUT2D eigenvalue weighted by molar-refractivity contribution is -0.187. The standard InChI is InChI=1S/C18H17F4NOS/c19-12-7-5-11(6-8-12)15-9-10-16(25-15)17(24)23-14-4-2-1-3-13(14)18(20,21)22/h5-10,13-14H,1-4H2,(H,23,24). The molecule has 0 saturated heterocycles. The Balaban J connectivity index is 1.72. The van der Waals surface area contributed by atoms with Gasteiger partial charge in [0.25, 0.3) is 5.91 Å². The molecule has 1 aromatic carbocycles. The van der Waals surface area contributed by atoms with Gasteiger partial charge in [-0.05, 0) is 42.7 Å². The Morgan fingerprint density at radius 2 is 1.72 bits per heavy atom. The molecule has 3 rings (SSSR count). The Morgan fingerprint density at radius 1 is 1.04 bits per heavy atom. The van der Waals surface area contributed by atoms with Crippen molar-refractivity contribution in [2.24, 2.45) is 5.92 Å². The molecule has 0 bridgehead atoms. The molecule has 2 aromatic rings. The second-order valence-electron chi connectivity index (χ2n) is 6.18. The minimum atomic E-state index is -4.30. The summed E-state index contributed by atoms with van der Waals surface area (Å²) in [6.07, 6.45) is -2.69. The van der Waals surface area contributed by atoms with Gasteiger partial charge in [-0.15, -0.1) is 11.3 Å². The van der Waals surface area contributed by atoms with Crippen molar-refractivity contribution in [3.63, 3.8) is 0 Å². The van der Waals surface area contributed by atoms with E-state index in [9.17, 15) is 22.4 Å². The predicted octanol–water partition coefficient (Wildman–Crippen LogP) is 5.41. The Kier molecular flexibility index (Phi) is 5.13. The van der Waals surface area contributed by atoms with Crippen LogP contribution in [0, 0.1) is 11.7 Å². The van der Waals surface area contributed by atoms with Crippen molar-refractivity contribution in [3.05, 3.63) is 47.1 Å². The summed E-state index contributed by atoms with van der Waals surface area (Å²) in [5.74, 6) is -2.32. The van der Waals surface area contributed by atoms with Gasteiger partial charge in [0.15, 0.2) is 0 Å². The molecule has 2 unspecified atom stereocenters. The van der Waals surface area contributed by atoms with Crippen LogP contribution < -0.4 is 5.32 Å². The summed E-state index contributed by atoms with van der Waals surface area (Å²) in [6, 6.07) is 8.28. The highest BCUT2D eigenvalue weighted by molar-refractivity contribution is 7.17. The van der Waals surface area contributed by atoms with E-state index in [4.69, 9.17) is 0 Å². The number of rotatable bonds is 3. The number of benzene rings is 1. The fourth-order valence-electron chi connectivity index (χ4n) is 3.16. The van der Waals surface area contributed by atoms with Gasteiger partial charge in [0.1, 0.15) is 5.82 Å². The van der Waals surface area contributed by atoms with Crippen LogP contribution in [-0.4, -0.2) is 18.1 Å². The van der Waals surface area contributed by atoms with Crippen molar-refractivity contribution in [1.29, 1.82) is 0 Å². The summed E-state index contributed by atoms with van der Waals surface area (Å²) in [7, 11) is 0. The molecule has 1 aliphatic rings. The molecule has 1 aliphatic carbocycles. The monoisotopic (exact) mass is 371 g/mol. The van der Waals surface area contributed by atoms with Crippen molar-refractivity contribution in [1.82, 2.24) is 5.32 Å². The third-order valence-corrected chi connectivity index (χ3v) is 5.59. The molecule has 0 spiro atoms. The third-order valence-electron chi connectivity index (χ3n) is 4.46. The van der Waals surface area contributed by atoms with Crippen LogP contribution in [0.3, 0.4) is 0 Å². The first-order valence-corrected chi connectivity index (χ1v) is 8.89. The summed E-state index contributed by atoms with van der Waals surface area (Å²) in [5.41, 5.74) is 0.760. The highest BCUT2D eigenvalue weighted by atomic mass is 32.1. The zero-order chi connectivity index (χ0) is 18.0. The number of hydrogen-bond donors (Lipinski definition) is 1. The van der Waals surface area contributed by atoms with Crippen molar-refractivity contribution >= 4 is 17.2 Å². The van der Waals surface area contributed by atoms with Crippen LogP contribution in [0.15, 0.2) is 36.4 Å². The summed E-state index contributed by atoms with van der Waals surface area (Å²) >= 11 is 1.18. The van der Waals surface area contributed by atoms with Gasteiger partial charge in [-0.25, -0.2) is 4.39 Å². The fraction of sp³-hybridized carbons (Fsp3) is 0.389. The molecule has 2 atom stereocenters. The average molecular weight is 371 g/mol. The number of amides is 1. The molecule has 1 aromatic heterocycles. The molecule has 1 heterocycles. The number of carbonyl (C=O) groups is 1. The highest BCUT2D eigenvalue weighted by Crippen LogP contribution is 2.38. The van der Waals surface area contributed by atoms with Gasteiger partial charge >= 0.3 is 6.18 Å². The summed E-state index contributed by atoms with van der Waals surface area (Å²) in [5, 5.41) is 2.56. The zero-order valence-electron chi connectivity index (χ0n) is 13.3. The van der Waals surface area contributed by atoms with Gasteiger partial charge in [0, 0.05) is 10.9 Å². The van der Waals surface area contributed by atoms with Crippen molar-refractivity contribution in [2.75, 3.05) is 0 Å². The summed E-state index contributed by atoms with van der Waals surface area (Å²) in [4.78, 5) is 13.5. The fourth-order valence-corrected chi connectivity index (χ4v) is 4.08. The van der Waals surface area contributed by atoms with Gasteiger partial charge in [0.05, 0.1) is 10.8 Å². The first-order chi connectivity index (χ1) is 11.8. The number of alkyl halides is 3. The van der Waals surface area contributed by atoms with Gasteiger partial charge in [-0.2, -0.15) is 13.2 Å². The van der Waals surface area contributed by atoms with Crippen molar-refractivity contribution in [2.45, 2.75) is 37.9 Å². The molecule has 25 heavy (non-hydrogen) atoms. The van der Waals surface area contributed by atoms with Crippen LogP contribution in [0.4, 0.5) is 17.6 Å². The largest absolute Gasteiger partial charge is 0.393 e. The molecule has 1 N–H and O–H groups in total. The minimum Gasteiger partial charge on any atom is -0.348 e. The van der Waals surface area contributed by atoms with Gasteiger partial charge in [-0.3, -0.25) is 4.79 Å². The first-order valence-electron chi connectivity index (χ1n) is 8.08. The van der Waals surface area contributed by atoms with E-state index in [1.165, 1.54) is 23.5 Å². The molecule has 0 aliphatic heterocycles. The number of thiophene rings is 1.